The van der Waals surface area contributed by atoms with Gasteiger partial charge in [0.2, 0.25) is 0 Å². The maximum atomic E-state index is 14.0. The van der Waals surface area contributed by atoms with Gasteiger partial charge in [0, 0.05) is 10.6 Å². The fraction of sp³-hybridized carbons (Fsp3) is 0.0909. The summed E-state index contributed by atoms with van der Waals surface area (Å²) in [7, 11) is 0. The quantitative estimate of drug-likeness (QED) is 0.510. The first-order valence-corrected chi connectivity index (χ1v) is 8.87. The molecule has 0 fully saturated rings. The largest absolute Gasteiger partial charge is 0.478 e. The van der Waals surface area contributed by atoms with Gasteiger partial charge < -0.3 is 10.2 Å². The van der Waals surface area contributed by atoms with E-state index in [2.05, 4.69) is 0 Å². The Morgan fingerprint density at radius 2 is 1.48 bits per heavy atom. The van der Waals surface area contributed by atoms with Crippen LogP contribution in [0.15, 0.2) is 54.6 Å². The van der Waals surface area contributed by atoms with Gasteiger partial charge in [0.05, 0.1) is 11.1 Å². The molecule has 4 nitrogen and oxygen atoms in total. The highest BCUT2D eigenvalue weighted by Gasteiger charge is 2.29. The molecule has 3 rings (SSSR count). The molecule has 0 amide bonds. The summed E-state index contributed by atoms with van der Waals surface area (Å²) in [5.74, 6) is -3.00. The Morgan fingerprint density at radius 3 is 2.00 bits per heavy atom. The summed E-state index contributed by atoms with van der Waals surface area (Å²) in [5.41, 5.74) is -0.578. The van der Waals surface area contributed by atoms with Gasteiger partial charge >= 0.3 is 11.9 Å². The average Bonchev–Trinajstić information content (AvgIpc) is 2.67. The van der Waals surface area contributed by atoms with Gasteiger partial charge in [-0.1, -0.05) is 48.0 Å². The van der Waals surface area contributed by atoms with Crippen LogP contribution in [0.25, 0.3) is 22.3 Å². The highest BCUT2D eigenvalue weighted by molar-refractivity contribution is 6.30. The molecule has 0 unspecified atom stereocenters. The predicted octanol–water partition coefficient (Wildman–Crippen LogP) is 6.32. The minimum atomic E-state index is -3.11. The lowest BCUT2D eigenvalue weighted by Gasteiger charge is -2.19. The van der Waals surface area contributed by atoms with E-state index in [1.54, 1.807) is 48.5 Å². The normalized spacial score (nSPS) is 10.9. The standard InChI is InChI=1S/C22H15ClF2O4/c1-11-16(21(26)27)10-17(19(20(24)25)18(11)22(28)29)15-5-3-2-4-14(15)12-6-8-13(23)9-7-12/h2-10,20H,1H3,(H,26,27)(H,28,29). The first-order valence-electron chi connectivity index (χ1n) is 8.50. The van der Waals surface area contributed by atoms with Gasteiger partial charge in [-0.15, -0.1) is 0 Å². The zero-order chi connectivity index (χ0) is 21.3. The van der Waals surface area contributed by atoms with Crippen LogP contribution in [-0.4, -0.2) is 22.2 Å². The predicted molar refractivity (Wildman–Crippen MR) is 106 cm³/mol. The molecule has 0 saturated carbocycles. The number of alkyl halides is 2. The topological polar surface area (TPSA) is 74.6 Å². The zero-order valence-electron chi connectivity index (χ0n) is 15.1. The summed E-state index contributed by atoms with van der Waals surface area (Å²) >= 11 is 5.92. The Kier molecular flexibility index (Phi) is 5.66. The van der Waals surface area contributed by atoms with E-state index in [0.717, 1.165) is 6.07 Å². The van der Waals surface area contributed by atoms with Gasteiger partial charge in [-0.2, -0.15) is 0 Å². The van der Waals surface area contributed by atoms with Gasteiger partial charge in [-0.3, -0.25) is 0 Å². The molecule has 0 aliphatic rings. The van der Waals surface area contributed by atoms with Gasteiger partial charge in [0.25, 0.3) is 6.43 Å². The van der Waals surface area contributed by atoms with Crippen LogP contribution in [0.3, 0.4) is 0 Å². The molecule has 0 aliphatic carbocycles. The number of carboxylic acid groups (broad SMARTS) is 2. The molecule has 29 heavy (non-hydrogen) atoms. The van der Waals surface area contributed by atoms with Crippen LogP contribution in [0, 0.1) is 6.92 Å². The van der Waals surface area contributed by atoms with Gasteiger partial charge in [-0.25, -0.2) is 18.4 Å². The fourth-order valence-corrected chi connectivity index (χ4v) is 3.47. The molecule has 0 radical (unpaired) electrons. The van der Waals surface area contributed by atoms with Gasteiger partial charge in [0.15, 0.2) is 0 Å². The Hall–Kier alpha value is -3.25. The third-order valence-electron chi connectivity index (χ3n) is 4.66. The zero-order valence-corrected chi connectivity index (χ0v) is 15.9. The second-order valence-corrected chi connectivity index (χ2v) is 6.79. The Bertz CT molecular complexity index is 1110. The molecule has 148 valence electrons. The third-order valence-corrected chi connectivity index (χ3v) is 4.91. The van der Waals surface area contributed by atoms with E-state index in [9.17, 15) is 28.6 Å². The van der Waals surface area contributed by atoms with E-state index in [0.29, 0.717) is 21.7 Å². The molecule has 3 aromatic carbocycles. The monoisotopic (exact) mass is 416 g/mol. The van der Waals surface area contributed by atoms with E-state index >= 15 is 0 Å². The first kappa shape index (κ1) is 20.5. The van der Waals surface area contributed by atoms with Crippen LogP contribution in [-0.2, 0) is 0 Å². The lowest BCUT2D eigenvalue weighted by molar-refractivity contribution is 0.0683. The number of carboxylic acids is 2. The summed E-state index contributed by atoms with van der Waals surface area (Å²) in [6, 6.07) is 14.4. The maximum absolute atomic E-state index is 14.0. The smallest absolute Gasteiger partial charge is 0.336 e. The van der Waals surface area contributed by atoms with Crippen molar-refractivity contribution in [2.45, 2.75) is 13.3 Å². The molecule has 3 aromatic rings. The second-order valence-electron chi connectivity index (χ2n) is 6.35. The molecule has 0 aliphatic heterocycles. The Labute approximate surface area is 170 Å². The van der Waals surface area contributed by atoms with Crippen molar-refractivity contribution in [2.24, 2.45) is 0 Å². The lowest BCUT2D eigenvalue weighted by Crippen LogP contribution is -2.13. The van der Waals surface area contributed by atoms with Gasteiger partial charge in [0.1, 0.15) is 0 Å². The second kappa shape index (κ2) is 8.01. The SMILES string of the molecule is Cc1c(C(=O)O)cc(-c2ccccc2-c2ccc(Cl)cc2)c(C(F)F)c1C(=O)O. The highest BCUT2D eigenvalue weighted by atomic mass is 35.5. The number of aromatic carboxylic acids is 2. The number of carbonyl (C=O) groups is 2. The van der Waals surface area contributed by atoms with E-state index in [1.807, 2.05) is 0 Å². The molecule has 0 saturated heterocycles. The summed E-state index contributed by atoms with van der Waals surface area (Å²) in [4.78, 5) is 23.4. The third kappa shape index (κ3) is 3.84. The van der Waals surface area contributed by atoms with Crippen molar-refractivity contribution in [3.05, 3.63) is 81.9 Å². The van der Waals surface area contributed by atoms with Crippen LogP contribution in [0.5, 0.6) is 0 Å². The molecule has 0 bridgehead atoms. The van der Waals surface area contributed by atoms with E-state index in [-0.39, 0.29) is 16.7 Å². The van der Waals surface area contributed by atoms with Crippen molar-refractivity contribution in [1.29, 1.82) is 0 Å². The van der Waals surface area contributed by atoms with Crippen molar-refractivity contribution in [1.82, 2.24) is 0 Å². The molecule has 0 heterocycles. The van der Waals surface area contributed by atoms with Crippen molar-refractivity contribution in [3.63, 3.8) is 0 Å². The van der Waals surface area contributed by atoms with E-state index in [1.165, 1.54) is 6.92 Å². The average molecular weight is 417 g/mol. The number of benzene rings is 3. The molecular formula is C22H15ClF2O4. The number of hydrogen-bond donors (Lipinski definition) is 2. The molecule has 7 heteroatoms. The molecular weight excluding hydrogens is 402 g/mol. The van der Waals surface area contributed by atoms with Crippen LogP contribution in [0.2, 0.25) is 5.02 Å². The van der Waals surface area contributed by atoms with E-state index < -0.39 is 29.5 Å². The number of halogens is 3. The molecule has 0 atom stereocenters. The Balaban J connectivity index is 2.42. The van der Waals surface area contributed by atoms with Crippen LogP contribution in [0.4, 0.5) is 8.78 Å². The van der Waals surface area contributed by atoms with Crippen LogP contribution < -0.4 is 0 Å². The Morgan fingerprint density at radius 1 is 0.897 bits per heavy atom. The lowest BCUT2D eigenvalue weighted by atomic mass is 9.86. The fourth-order valence-electron chi connectivity index (χ4n) is 3.35. The summed E-state index contributed by atoms with van der Waals surface area (Å²) < 4.78 is 28.0. The van der Waals surface area contributed by atoms with Crippen molar-refractivity contribution in [2.75, 3.05) is 0 Å². The number of hydrogen-bond acceptors (Lipinski definition) is 2. The van der Waals surface area contributed by atoms with Crippen molar-refractivity contribution in [3.8, 4) is 22.3 Å². The van der Waals surface area contributed by atoms with E-state index in [4.69, 9.17) is 11.6 Å². The molecule has 2 N–H and O–H groups in total. The first-order chi connectivity index (χ1) is 13.7. The summed E-state index contributed by atoms with van der Waals surface area (Å²) in [6.45, 7) is 1.22. The number of rotatable bonds is 5. The maximum Gasteiger partial charge on any atom is 0.336 e. The van der Waals surface area contributed by atoms with Crippen LogP contribution >= 0.6 is 11.6 Å². The van der Waals surface area contributed by atoms with Crippen molar-refractivity contribution >= 4 is 23.5 Å². The van der Waals surface area contributed by atoms with Crippen LogP contribution in [0.1, 0.15) is 38.3 Å². The van der Waals surface area contributed by atoms with Gasteiger partial charge in [-0.05, 0) is 52.9 Å². The summed E-state index contributed by atoms with van der Waals surface area (Å²) in [6.07, 6.45) is -3.11. The molecule has 0 aromatic heterocycles. The summed E-state index contributed by atoms with van der Waals surface area (Å²) in [5, 5.41) is 19.5. The minimum Gasteiger partial charge on any atom is -0.478 e. The minimum absolute atomic E-state index is 0.133. The molecule has 0 spiro atoms. The highest BCUT2D eigenvalue weighted by Crippen LogP contribution is 2.41. The van der Waals surface area contributed by atoms with Crippen molar-refractivity contribution < 1.29 is 28.6 Å².